The van der Waals surface area contributed by atoms with E-state index in [1.165, 1.54) is 19.1 Å². The minimum atomic E-state index is -4.22. The third-order valence-electron chi connectivity index (χ3n) is 3.15. The standard InChI is InChI=1S/C17H29O8PS/c1-13(2)23-26(19,24-14(3)4)12-22-17(6,11-18)25-27(20,21)16-9-7-15(5)8-10-16/h7-10,13-14,18H,11-12H2,1-6H3. The third kappa shape index (κ3) is 7.99. The Kier molecular flexibility index (Phi) is 8.62. The molecule has 0 aliphatic rings. The van der Waals surface area contributed by atoms with Crippen LogP contribution in [0.3, 0.4) is 0 Å². The molecule has 10 heteroatoms. The lowest BCUT2D eigenvalue weighted by Gasteiger charge is -2.30. The van der Waals surface area contributed by atoms with E-state index in [-0.39, 0.29) is 4.90 Å². The first kappa shape index (κ1) is 24.2. The van der Waals surface area contributed by atoms with E-state index in [1.807, 2.05) is 6.92 Å². The Balaban J connectivity index is 2.96. The Morgan fingerprint density at radius 3 is 1.96 bits per heavy atom. The zero-order chi connectivity index (χ0) is 20.9. The molecule has 0 fully saturated rings. The minimum absolute atomic E-state index is 0.0866. The van der Waals surface area contributed by atoms with Gasteiger partial charge in [-0.2, -0.15) is 8.42 Å². The van der Waals surface area contributed by atoms with Crippen LogP contribution in [0.15, 0.2) is 29.2 Å². The molecule has 0 aliphatic heterocycles. The molecule has 0 heterocycles. The quantitative estimate of drug-likeness (QED) is 0.327. The van der Waals surface area contributed by atoms with E-state index < -0.39 is 48.7 Å². The molecule has 0 radical (unpaired) electrons. The minimum Gasteiger partial charge on any atom is -0.391 e. The van der Waals surface area contributed by atoms with Crippen molar-refractivity contribution in [2.24, 2.45) is 0 Å². The molecule has 1 aromatic carbocycles. The van der Waals surface area contributed by atoms with E-state index in [9.17, 15) is 18.1 Å². The van der Waals surface area contributed by atoms with Crippen LogP contribution < -0.4 is 0 Å². The average Bonchev–Trinajstić information content (AvgIpc) is 2.51. The van der Waals surface area contributed by atoms with Crippen LogP contribution in [0.1, 0.15) is 40.2 Å². The highest BCUT2D eigenvalue weighted by Crippen LogP contribution is 2.51. The molecule has 1 aromatic rings. The first-order valence-corrected chi connectivity index (χ1v) is 11.7. The van der Waals surface area contributed by atoms with Gasteiger partial charge in [0.1, 0.15) is 0 Å². The molecule has 156 valence electrons. The van der Waals surface area contributed by atoms with Gasteiger partial charge < -0.3 is 18.9 Å². The van der Waals surface area contributed by atoms with Crippen LogP contribution in [0.2, 0.25) is 0 Å². The van der Waals surface area contributed by atoms with Gasteiger partial charge in [0.15, 0.2) is 6.35 Å². The van der Waals surface area contributed by atoms with Crippen LogP contribution in [0.25, 0.3) is 0 Å². The van der Waals surface area contributed by atoms with Crippen molar-refractivity contribution in [3.05, 3.63) is 29.8 Å². The van der Waals surface area contributed by atoms with E-state index in [2.05, 4.69) is 0 Å². The number of aryl methyl sites for hydroxylation is 1. The van der Waals surface area contributed by atoms with Crippen molar-refractivity contribution >= 4 is 17.7 Å². The van der Waals surface area contributed by atoms with Gasteiger partial charge in [-0.1, -0.05) is 17.7 Å². The van der Waals surface area contributed by atoms with Crippen LogP contribution >= 0.6 is 7.60 Å². The summed E-state index contributed by atoms with van der Waals surface area (Å²) in [5.74, 6) is -1.96. The first-order valence-electron chi connectivity index (χ1n) is 8.54. The maximum absolute atomic E-state index is 12.8. The van der Waals surface area contributed by atoms with Crippen molar-refractivity contribution in [2.45, 2.75) is 64.4 Å². The number of ether oxygens (including phenoxy) is 1. The molecule has 0 saturated carbocycles. The molecule has 1 unspecified atom stereocenters. The van der Waals surface area contributed by atoms with Crippen LogP contribution in [0.4, 0.5) is 0 Å². The summed E-state index contributed by atoms with van der Waals surface area (Å²) in [5.41, 5.74) is 0.882. The Morgan fingerprint density at radius 1 is 1.07 bits per heavy atom. The van der Waals surface area contributed by atoms with Crippen molar-refractivity contribution in [3.8, 4) is 0 Å². The number of hydrogen-bond acceptors (Lipinski definition) is 8. The summed E-state index contributed by atoms with van der Waals surface area (Å²) < 4.78 is 58.8. The Labute approximate surface area is 161 Å². The van der Waals surface area contributed by atoms with Crippen LogP contribution in [0, 0.1) is 6.92 Å². The highest BCUT2D eigenvalue weighted by atomic mass is 32.2. The topological polar surface area (TPSA) is 108 Å². The van der Waals surface area contributed by atoms with Gasteiger partial charge in [-0.15, -0.1) is 0 Å². The summed E-state index contributed by atoms with van der Waals surface area (Å²) in [7, 11) is -7.91. The molecular formula is C17H29O8PS. The first-order chi connectivity index (χ1) is 12.3. The molecule has 0 spiro atoms. The SMILES string of the molecule is Cc1ccc(S(=O)(=O)OC(C)(CO)OCP(=O)(OC(C)C)OC(C)C)cc1. The molecule has 0 bridgehead atoms. The second-order valence-electron chi connectivity index (χ2n) is 6.84. The van der Waals surface area contributed by atoms with Crippen molar-refractivity contribution in [1.82, 2.24) is 0 Å². The lowest BCUT2D eigenvalue weighted by atomic mass is 10.2. The summed E-state index contributed by atoms with van der Waals surface area (Å²) in [4.78, 5) is -0.0866. The molecule has 1 atom stereocenters. The van der Waals surface area contributed by atoms with E-state index in [1.54, 1.807) is 39.8 Å². The summed E-state index contributed by atoms with van der Waals surface area (Å²) >= 11 is 0. The van der Waals surface area contributed by atoms with Gasteiger partial charge in [-0.3, -0.25) is 4.57 Å². The van der Waals surface area contributed by atoms with Crippen molar-refractivity contribution in [3.63, 3.8) is 0 Å². The molecule has 1 N–H and O–H groups in total. The highest BCUT2D eigenvalue weighted by Gasteiger charge is 2.38. The predicted molar refractivity (Wildman–Crippen MR) is 101 cm³/mol. The maximum Gasteiger partial charge on any atom is 0.356 e. The Morgan fingerprint density at radius 2 is 1.56 bits per heavy atom. The van der Waals surface area contributed by atoms with E-state index in [0.29, 0.717) is 0 Å². The fourth-order valence-corrected chi connectivity index (χ4v) is 5.04. The van der Waals surface area contributed by atoms with E-state index in [0.717, 1.165) is 5.56 Å². The van der Waals surface area contributed by atoms with Gasteiger partial charge >= 0.3 is 7.60 Å². The Bertz CT molecular complexity index is 731. The number of hydrogen-bond donors (Lipinski definition) is 1. The molecule has 0 saturated heterocycles. The smallest absolute Gasteiger partial charge is 0.356 e. The van der Waals surface area contributed by atoms with Gasteiger partial charge in [0, 0.05) is 0 Å². The molecule has 0 aromatic heterocycles. The fraction of sp³-hybridized carbons (Fsp3) is 0.647. The maximum atomic E-state index is 12.8. The summed E-state index contributed by atoms with van der Waals surface area (Å²) in [6.45, 7) is 8.98. The Hall–Kier alpha value is -0.800. The summed E-state index contributed by atoms with van der Waals surface area (Å²) in [5, 5.41) is 9.61. The normalized spacial score (nSPS) is 15.3. The molecule has 0 aliphatic carbocycles. The zero-order valence-electron chi connectivity index (χ0n) is 16.5. The second-order valence-corrected chi connectivity index (χ2v) is 10.3. The van der Waals surface area contributed by atoms with Crippen molar-refractivity contribution in [2.75, 3.05) is 13.0 Å². The van der Waals surface area contributed by atoms with E-state index in [4.69, 9.17) is 18.0 Å². The van der Waals surface area contributed by atoms with Gasteiger partial charge in [0.25, 0.3) is 10.1 Å². The molecule has 0 amide bonds. The number of aliphatic hydroxyl groups is 1. The number of rotatable bonds is 11. The van der Waals surface area contributed by atoms with Crippen molar-refractivity contribution in [1.29, 1.82) is 0 Å². The number of benzene rings is 1. The molecule has 8 nitrogen and oxygen atoms in total. The zero-order valence-corrected chi connectivity index (χ0v) is 18.2. The third-order valence-corrected chi connectivity index (χ3v) is 6.51. The molecule has 27 heavy (non-hydrogen) atoms. The largest absolute Gasteiger partial charge is 0.391 e. The van der Waals surface area contributed by atoms with Crippen molar-refractivity contribution < 1.29 is 36.1 Å². The van der Waals surface area contributed by atoms with Gasteiger partial charge in [-0.25, -0.2) is 4.18 Å². The van der Waals surface area contributed by atoms with Gasteiger partial charge in [-0.05, 0) is 53.7 Å². The average molecular weight is 424 g/mol. The van der Waals surface area contributed by atoms with Crippen LogP contribution in [0.5, 0.6) is 0 Å². The molecular weight excluding hydrogens is 395 g/mol. The van der Waals surface area contributed by atoms with Crippen LogP contribution in [-0.2, 0) is 32.7 Å². The monoisotopic (exact) mass is 424 g/mol. The fourth-order valence-electron chi connectivity index (χ4n) is 2.02. The predicted octanol–water partition coefficient (Wildman–Crippen LogP) is 3.43. The lowest BCUT2D eigenvalue weighted by Crippen LogP contribution is -2.39. The number of aliphatic hydroxyl groups excluding tert-OH is 1. The molecule has 1 rings (SSSR count). The van der Waals surface area contributed by atoms with Gasteiger partial charge in [0.05, 0.1) is 23.7 Å². The summed E-state index contributed by atoms with van der Waals surface area (Å²) in [6.07, 6.45) is -1.39. The van der Waals surface area contributed by atoms with Crippen LogP contribution in [-0.4, -0.2) is 44.5 Å². The van der Waals surface area contributed by atoms with E-state index >= 15 is 0 Å². The lowest BCUT2D eigenvalue weighted by molar-refractivity contribution is -0.181. The second kappa shape index (κ2) is 9.60. The van der Waals surface area contributed by atoms with Gasteiger partial charge in [0.2, 0.25) is 5.79 Å². The summed E-state index contributed by atoms with van der Waals surface area (Å²) in [6, 6.07) is 6.01. The highest BCUT2D eigenvalue weighted by molar-refractivity contribution is 7.86.